The second kappa shape index (κ2) is 8.13. The molecule has 1 aromatic heterocycles. The summed E-state index contributed by atoms with van der Waals surface area (Å²) in [5.41, 5.74) is 3.44. The number of nitrogens with one attached hydrogen (secondary N) is 1. The minimum absolute atomic E-state index is 0.148. The van der Waals surface area contributed by atoms with E-state index in [4.69, 9.17) is 16.3 Å². The van der Waals surface area contributed by atoms with E-state index in [2.05, 4.69) is 11.1 Å². The molecule has 0 unspecified atom stereocenters. The molecule has 2 aromatic carbocycles. The van der Waals surface area contributed by atoms with Gasteiger partial charge in [0.2, 0.25) is 5.91 Å². The summed E-state index contributed by atoms with van der Waals surface area (Å²) in [6.07, 6.45) is 6.14. The number of aromatic nitrogens is 1. The zero-order valence-electron chi connectivity index (χ0n) is 17.2. The molecule has 0 atom stereocenters. The first-order valence-electron chi connectivity index (χ1n) is 10.7. The van der Waals surface area contributed by atoms with Gasteiger partial charge in [-0.2, -0.15) is 0 Å². The highest BCUT2D eigenvalue weighted by Gasteiger charge is 2.44. The van der Waals surface area contributed by atoms with Crippen molar-refractivity contribution in [3.63, 3.8) is 0 Å². The van der Waals surface area contributed by atoms with E-state index in [1.807, 2.05) is 41.4 Å². The Balaban J connectivity index is 1.41. The number of benzene rings is 2. The molecule has 6 heteroatoms. The Morgan fingerprint density at radius 2 is 2.00 bits per heavy atom. The maximum absolute atomic E-state index is 13.8. The number of carbonyl (C=O) groups is 1. The molecule has 0 radical (unpaired) electrons. The smallest absolute Gasteiger partial charge is 0.233 e. The Bertz CT molecular complexity index is 1160. The number of hydrogen-bond acceptors (Lipinski definition) is 2. The third-order valence-electron chi connectivity index (χ3n) is 6.62. The fourth-order valence-corrected chi connectivity index (χ4v) is 5.09. The molecule has 1 saturated heterocycles. The van der Waals surface area contributed by atoms with Gasteiger partial charge < -0.3 is 14.6 Å². The molecule has 0 spiro atoms. The molecule has 1 fully saturated rings. The van der Waals surface area contributed by atoms with Gasteiger partial charge in [0, 0.05) is 54.0 Å². The lowest BCUT2D eigenvalue weighted by molar-refractivity contribution is -0.141. The molecule has 2 aliphatic heterocycles. The molecule has 5 rings (SSSR count). The second-order valence-electron chi connectivity index (χ2n) is 8.33. The van der Waals surface area contributed by atoms with Crippen LogP contribution < -0.4 is 0 Å². The molecule has 0 bridgehead atoms. The van der Waals surface area contributed by atoms with Crippen LogP contribution in [0.15, 0.2) is 54.7 Å². The first-order valence-corrected chi connectivity index (χ1v) is 11.0. The quantitative estimate of drug-likeness (QED) is 0.601. The van der Waals surface area contributed by atoms with E-state index in [-0.39, 0.29) is 11.7 Å². The summed E-state index contributed by atoms with van der Waals surface area (Å²) in [7, 11) is 0. The van der Waals surface area contributed by atoms with Crippen molar-refractivity contribution in [2.45, 2.75) is 24.7 Å². The van der Waals surface area contributed by atoms with Crippen LogP contribution in [0.4, 0.5) is 4.39 Å². The number of ether oxygens (including phenoxy) is 1. The van der Waals surface area contributed by atoms with Crippen molar-refractivity contribution in [3.05, 3.63) is 76.7 Å². The Kier molecular flexibility index (Phi) is 5.32. The first kappa shape index (κ1) is 20.3. The van der Waals surface area contributed by atoms with Gasteiger partial charge in [-0.3, -0.25) is 4.79 Å². The summed E-state index contributed by atoms with van der Waals surface area (Å²) < 4.78 is 19.1. The summed E-state index contributed by atoms with van der Waals surface area (Å²) in [5, 5.41) is 1.65. The van der Waals surface area contributed by atoms with Gasteiger partial charge in [0.25, 0.3) is 0 Å². The lowest BCUT2D eigenvalue weighted by Gasteiger charge is -2.41. The van der Waals surface area contributed by atoms with Crippen LogP contribution in [-0.4, -0.2) is 42.1 Å². The summed E-state index contributed by atoms with van der Waals surface area (Å²) >= 11 is 6.26. The summed E-state index contributed by atoms with van der Waals surface area (Å²) in [6.45, 7) is 2.35. The minimum atomic E-state index is -0.590. The van der Waals surface area contributed by atoms with Crippen LogP contribution in [0.3, 0.4) is 0 Å². The SMILES string of the molecule is O=C(N1CC=C(c2c[nH]c3cc(F)ccc23)CC1)C1(c2cccc(Cl)c2)CCOCC1. The van der Waals surface area contributed by atoms with Gasteiger partial charge in [0.1, 0.15) is 5.82 Å². The fourth-order valence-electron chi connectivity index (χ4n) is 4.90. The van der Waals surface area contributed by atoms with Crippen molar-refractivity contribution in [2.75, 3.05) is 26.3 Å². The van der Waals surface area contributed by atoms with Crippen LogP contribution in [0, 0.1) is 5.82 Å². The van der Waals surface area contributed by atoms with Crippen LogP contribution in [0.5, 0.6) is 0 Å². The number of carbonyl (C=O) groups excluding carboxylic acids is 1. The van der Waals surface area contributed by atoms with Gasteiger partial charge in [0.05, 0.1) is 5.41 Å². The van der Waals surface area contributed by atoms with Gasteiger partial charge in [-0.25, -0.2) is 4.39 Å². The molecule has 0 aliphatic carbocycles. The van der Waals surface area contributed by atoms with E-state index < -0.39 is 5.41 Å². The fraction of sp³-hybridized carbons (Fsp3) is 0.320. The van der Waals surface area contributed by atoms with E-state index in [0.29, 0.717) is 44.2 Å². The monoisotopic (exact) mass is 438 g/mol. The first-order chi connectivity index (χ1) is 15.1. The Morgan fingerprint density at radius 3 is 2.74 bits per heavy atom. The highest BCUT2D eigenvalue weighted by atomic mass is 35.5. The average molecular weight is 439 g/mol. The molecule has 3 aromatic rings. The van der Waals surface area contributed by atoms with Crippen LogP contribution in [-0.2, 0) is 14.9 Å². The lowest BCUT2D eigenvalue weighted by atomic mass is 9.72. The van der Waals surface area contributed by atoms with E-state index >= 15 is 0 Å². The van der Waals surface area contributed by atoms with Crippen molar-refractivity contribution < 1.29 is 13.9 Å². The van der Waals surface area contributed by atoms with Crippen LogP contribution in [0.1, 0.15) is 30.4 Å². The number of nitrogens with zero attached hydrogens (tertiary/aromatic N) is 1. The number of halogens is 2. The minimum Gasteiger partial charge on any atom is -0.381 e. The topological polar surface area (TPSA) is 45.3 Å². The molecular weight excluding hydrogens is 415 g/mol. The Hall–Kier alpha value is -2.63. The predicted octanol–water partition coefficient (Wildman–Crippen LogP) is 5.32. The molecule has 0 saturated carbocycles. The van der Waals surface area contributed by atoms with Crippen molar-refractivity contribution in [1.82, 2.24) is 9.88 Å². The van der Waals surface area contributed by atoms with Gasteiger partial charge >= 0.3 is 0 Å². The summed E-state index contributed by atoms with van der Waals surface area (Å²) in [6, 6.07) is 12.5. The van der Waals surface area contributed by atoms with Crippen molar-refractivity contribution in [3.8, 4) is 0 Å². The van der Waals surface area contributed by atoms with Crippen LogP contribution in [0.25, 0.3) is 16.5 Å². The molecule has 4 nitrogen and oxygen atoms in total. The normalized spacial score (nSPS) is 18.8. The van der Waals surface area contributed by atoms with Crippen LogP contribution in [0.2, 0.25) is 5.02 Å². The van der Waals surface area contributed by atoms with E-state index in [1.54, 1.807) is 0 Å². The van der Waals surface area contributed by atoms with Crippen LogP contribution >= 0.6 is 11.6 Å². The zero-order valence-corrected chi connectivity index (χ0v) is 17.9. The Morgan fingerprint density at radius 1 is 1.16 bits per heavy atom. The van der Waals surface area contributed by atoms with Gasteiger partial charge in [-0.15, -0.1) is 0 Å². The highest BCUT2D eigenvalue weighted by molar-refractivity contribution is 6.30. The molecule has 31 heavy (non-hydrogen) atoms. The van der Waals surface area contributed by atoms with E-state index in [1.165, 1.54) is 17.7 Å². The largest absolute Gasteiger partial charge is 0.381 e. The maximum atomic E-state index is 13.8. The zero-order chi connectivity index (χ0) is 21.4. The summed E-state index contributed by atoms with van der Waals surface area (Å²) in [5.74, 6) is -0.104. The number of H-pyrrole nitrogens is 1. The highest BCUT2D eigenvalue weighted by Crippen LogP contribution is 2.39. The standard InChI is InChI=1S/C25H24ClFN2O2/c26-19-3-1-2-18(14-19)25(8-12-31-13-9-25)24(30)29-10-6-17(7-11-29)22-16-28-23-15-20(27)4-5-21(22)23/h1-6,14-16,28H,7-13H2. The van der Waals surface area contributed by atoms with Crippen molar-refractivity contribution in [2.24, 2.45) is 0 Å². The average Bonchev–Trinajstić information content (AvgIpc) is 3.22. The van der Waals surface area contributed by atoms with Gasteiger partial charge in [-0.1, -0.05) is 29.8 Å². The summed E-state index contributed by atoms with van der Waals surface area (Å²) in [4.78, 5) is 18.9. The predicted molar refractivity (Wildman–Crippen MR) is 121 cm³/mol. The number of rotatable bonds is 3. The number of aromatic amines is 1. The van der Waals surface area contributed by atoms with Gasteiger partial charge in [-0.05, 0) is 60.7 Å². The third-order valence-corrected chi connectivity index (χ3v) is 6.85. The lowest BCUT2D eigenvalue weighted by Crippen LogP contribution is -2.51. The van der Waals surface area contributed by atoms with Gasteiger partial charge in [0.15, 0.2) is 0 Å². The molecule has 160 valence electrons. The van der Waals surface area contributed by atoms with Crippen molar-refractivity contribution >= 4 is 34.0 Å². The molecule has 3 heterocycles. The molecular formula is C25H24ClFN2O2. The third kappa shape index (κ3) is 3.66. The van der Waals surface area contributed by atoms with E-state index in [9.17, 15) is 9.18 Å². The molecule has 2 aliphatic rings. The second-order valence-corrected chi connectivity index (χ2v) is 8.76. The number of amides is 1. The maximum Gasteiger partial charge on any atom is 0.233 e. The number of hydrogen-bond donors (Lipinski definition) is 1. The van der Waals surface area contributed by atoms with Crippen molar-refractivity contribution in [1.29, 1.82) is 0 Å². The van der Waals surface area contributed by atoms with E-state index in [0.717, 1.165) is 28.5 Å². The number of fused-ring (bicyclic) bond motifs is 1. The molecule has 1 N–H and O–H groups in total. The Labute approximate surface area is 185 Å². The molecule has 1 amide bonds.